The second-order valence-corrected chi connectivity index (χ2v) is 7.48. The number of guanidine groups is 1. The van der Waals surface area contributed by atoms with Crippen molar-refractivity contribution in [1.82, 2.24) is 10.2 Å². The minimum Gasteiger partial charge on any atom is -0.493 e. The second-order valence-electron chi connectivity index (χ2n) is 7.48. The van der Waals surface area contributed by atoms with Crippen molar-refractivity contribution in [2.45, 2.75) is 53.1 Å². The number of aliphatic imine (C=N–C) groups is 1. The Labute approximate surface area is 165 Å². The van der Waals surface area contributed by atoms with Gasteiger partial charge in [0.2, 0.25) is 0 Å². The lowest BCUT2D eigenvalue weighted by atomic mass is 10.1. The number of likely N-dealkylation sites (tertiary alicyclic amines) is 1. The summed E-state index contributed by atoms with van der Waals surface area (Å²) in [5, 5.41) is 3.44. The van der Waals surface area contributed by atoms with Gasteiger partial charge in [-0.05, 0) is 56.7 Å². The number of hydrogen-bond donors (Lipinski definition) is 1. The lowest BCUT2D eigenvalue weighted by molar-refractivity contribution is 0.0264. The Morgan fingerprint density at radius 1 is 1.19 bits per heavy atom. The van der Waals surface area contributed by atoms with Crippen LogP contribution in [0, 0.1) is 5.92 Å². The minimum atomic E-state index is 0.408. The van der Waals surface area contributed by atoms with Crippen LogP contribution in [0.5, 0.6) is 5.75 Å². The Morgan fingerprint density at radius 2 is 1.89 bits per heavy atom. The largest absolute Gasteiger partial charge is 0.493 e. The summed E-state index contributed by atoms with van der Waals surface area (Å²) in [5.41, 5.74) is 1.29. The van der Waals surface area contributed by atoms with E-state index in [1.54, 1.807) is 0 Å². The van der Waals surface area contributed by atoms with Crippen LogP contribution >= 0.6 is 0 Å². The Balaban J connectivity index is 1.82. The van der Waals surface area contributed by atoms with E-state index in [1.165, 1.54) is 5.56 Å². The summed E-state index contributed by atoms with van der Waals surface area (Å²) in [4.78, 5) is 7.21. The summed E-state index contributed by atoms with van der Waals surface area (Å²) in [6.07, 6.45) is 3.51. The van der Waals surface area contributed by atoms with Crippen LogP contribution in [0.3, 0.4) is 0 Å². The number of piperidine rings is 1. The normalized spacial score (nSPS) is 16.0. The topological polar surface area (TPSA) is 46.1 Å². The third-order valence-electron chi connectivity index (χ3n) is 4.65. The molecule has 1 N–H and O–H groups in total. The van der Waals surface area contributed by atoms with E-state index in [0.29, 0.717) is 12.0 Å². The van der Waals surface area contributed by atoms with Crippen molar-refractivity contribution in [1.29, 1.82) is 0 Å². The number of hydrogen-bond acceptors (Lipinski definition) is 3. The highest BCUT2D eigenvalue weighted by Gasteiger charge is 2.21. The Bertz CT molecular complexity index is 549. The van der Waals surface area contributed by atoms with E-state index in [0.717, 1.165) is 70.4 Å². The molecule has 0 aromatic heterocycles. The van der Waals surface area contributed by atoms with E-state index < -0.39 is 0 Å². The summed E-state index contributed by atoms with van der Waals surface area (Å²) in [5.74, 6) is 2.52. The van der Waals surface area contributed by atoms with Crippen LogP contribution < -0.4 is 10.1 Å². The van der Waals surface area contributed by atoms with Crippen molar-refractivity contribution in [3.05, 3.63) is 29.8 Å². The molecule has 0 atom stereocenters. The fraction of sp³-hybridized carbons (Fsp3) is 0.682. The molecule has 1 fully saturated rings. The molecule has 5 nitrogen and oxygen atoms in total. The van der Waals surface area contributed by atoms with Gasteiger partial charge in [0.15, 0.2) is 5.96 Å². The number of nitrogens with zero attached hydrogens (tertiary/aromatic N) is 2. The first kappa shape index (κ1) is 21.5. The highest BCUT2D eigenvalue weighted by Crippen LogP contribution is 2.15. The molecule has 1 aromatic rings. The van der Waals surface area contributed by atoms with Crippen molar-refractivity contribution >= 4 is 5.96 Å². The average molecular weight is 376 g/mol. The standard InChI is InChI=1S/C22H37N3O2/c1-5-23-22(25-15-12-21(13-16-25)26-6-2)24-14-11-19-7-9-20(10-8-19)27-17-18(3)4/h7-10,18,21H,5-6,11-17H2,1-4H3,(H,23,24). The van der Waals surface area contributed by atoms with Crippen molar-refractivity contribution in [3.63, 3.8) is 0 Å². The zero-order chi connectivity index (χ0) is 19.5. The number of ether oxygens (including phenoxy) is 2. The van der Waals surface area contributed by atoms with Crippen molar-refractivity contribution in [2.24, 2.45) is 10.9 Å². The molecule has 0 unspecified atom stereocenters. The number of nitrogens with one attached hydrogen (secondary N) is 1. The maximum Gasteiger partial charge on any atom is 0.193 e. The Morgan fingerprint density at radius 3 is 2.48 bits per heavy atom. The predicted octanol–water partition coefficient (Wildman–Crippen LogP) is 3.73. The van der Waals surface area contributed by atoms with Crippen LogP contribution in [-0.2, 0) is 11.2 Å². The van der Waals surface area contributed by atoms with Crippen molar-refractivity contribution in [3.8, 4) is 5.75 Å². The summed E-state index contributed by atoms with van der Waals surface area (Å²) in [6.45, 7) is 13.8. The monoisotopic (exact) mass is 375 g/mol. The van der Waals surface area contributed by atoms with E-state index in [9.17, 15) is 0 Å². The molecule has 0 bridgehead atoms. The SMILES string of the molecule is CCNC(=NCCc1ccc(OCC(C)C)cc1)N1CCC(OCC)CC1. The predicted molar refractivity (Wildman–Crippen MR) is 113 cm³/mol. The van der Waals surface area contributed by atoms with E-state index in [2.05, 4.69) is 62.2 Å². The zero-order valence-electron chi connectivity index (χ0n) is 17.5. The van der Waals surface area contributed by atoms with Gasteiger partial charge in [-0.2, -0.15) is 0 Å². The van der Waals surface area contributed by atoms with Crippen LogP contribution in [0.2, 0.25) is 0 Å². The number of benzene rings is 1. The Kier molecular flexibility index (Phi) is 9.46. The molecule has 1 saturated heterocycles. The van der Waals surface area contributed by atoms with E-state index >= 15 is 0 Å². The van der Waals surface area contributed by atoms with Crippen LogP contribution in [0.4, 0.5) is 0 Å². The first-order valence-electron chi connectivity index (χ1n) is 10.5. The van der Waals surface area contributed by atoms with Gasteiger partial charge in [-0.25, -0.2) is 0 Å². The van der Waals surface area contributed by atoms with Gasteiger partial charge in [0.25, 0.3) is 0 Å². The van der Waals surface area contributed by atoms with E-state index in [1.807, 2.05) is 0 Å². The first-order valence-corrected chi connectivity index (χ1v) is 10.5. The fourth-order valence-electron chi connectivity index (χ4n) is 3.20. The van der Waals surface area contributed by atoms with Crippen LogP contribution in [-0.4, -0.2) is 56.4 Å². The zero-order valence-corrected chi connectivity index (χ0v) is 17.5. The quantitative estimate of drug-likeness (QED) is 0.528. The first-order chi connectivity index (χ1) is 13.1. The molecule has 27 heavy (non-hydrogen) atoms. The van der Waals surface area contributed by atoms with Gasteiger partial charge >= 0.3 is 0 Å². The van der Waals surface area contributed by atoms with Gasteiger partial charge in [0.1, 0.15) is 5.75 Å². The molecule has 0 amide bonds. The second kappa shape index (κ2) is 11.9. The molecule has 0 radical (unpaired) electrons. The minimum absolute atomic E-state index is 0.408. The maximum absolute atomic E-state index is 5.75. The van der Waals surface area contributed by atoms with Crippen molar-refractivity contribution < 1.29 is 9.47 Å². The maximum atomic E-state index is 5.75. The molecule has 1 aliphatic heterocycles. The molecule has 0 aliphatic carbocycles. The van der Waals surface area contributed by atoms with E-state index in [-0.39, 0.29) is 0 Å². The molecule has 1 heterocycles. The van der Waals surface area contributed by atoms with Gasteiger partial charge < -0.3 is 19.7 Å². The summed E-state index contributed by atoms with van der Waals surface area (Å²) >= 11 is 0. The smallest absolute Gasteiger partial charge is 0.193 e. The molecular formula is C22H37N3O2. The highest BCUT2D eigenvalue weighted by atomic mass is 16.5. The van der Waals surface area contributed by atoms with Crippen LogP contribution in [0.1, 0.15) is 46.1 Å². The van der Waals surface area contributed by atoms with Crippen molar-refractivity contribution in [2.75, 3.05) is 39.4 Å². The lowest BCUT2D eigenvalue weighted by Crippen LogP contribution is -2.47. The van der Waals surface area contributed by atoms with Gasteiger partial charge in [0, 0.05) is 32.8 Å². The molecule has 1 aliphatic rings. The molecule has 152 valence electrons. The Hall–Kier alpha value is -1.75. The average Bonchev–Trinajstić information content (AvgIpc) is 2.67. The molecule has 1 aromatic carbocycles. The summed E-state index contributed by atoms with van der Waals surface area (Å²) in [6, 6.07) is 8.41. The molecular weight excluding hydrogens is 338 g/mol. The summed E-state index contributed by atoms with van der Waals surface area (Å²) < 4.78 is 11.5. The molecule has 0 saturated carbocycles. The highest BCUT2D eigenvalue weighted by molar-refractivity contribution is 5.80. The molecule has 0 spiro atoms. The van der Waals surface area contributed by atoms with Gasteiger partial charge in [0.05, 0.1) is 12.7 Å². The van der Waals surface area contributed by atoms with Gasteiger partial charge in [-0.1, -0.05) is 26.0 Å². The molecule has 5 heteroatoms. The lowest BCUT2D eigenvalue weighted by Gasteiger charge is -2.34. The molecule has 2 rings (SSSR count). The van der Waals surface area contributed by atoms with Gasteiger partial charge in [-0.15, -0.1) is 0 Å². The summed E-state index contributed by atoms with van der Waals surface area (Å²) in [7, 11) is 0. The van der Waals surface area contributed by atoms with E-state index in [4.69, 9.17) is 14.5 Å². The fourth-order valence-corrected chi connectivity index (χ4v) is 3.20. The third-order valence-corrected chi connectivity index (χ3v) is 4.65. The third kappa shape index (κ3) is 7.79. The number of rotatable bonds is 9. The van der Waals surface area contributed by atoms with Crippen LogP contribution in [0.25, 0.3) is 0 Å². The van der Waals surface area contributed by atoms with Gasteiger partial charge in [-0.3, -0.25) is 4.99 Å². The van der Waals surface area contributed by atoms with Crippen LogP contribution in [0.15, 0.2) is 29.3 Å².